The van der Waals surface area contributed by atoms with Crippen molar-refractivity contribution in [2.45, 2.75) is 59.4 Å². The number of hydrogen-bond acceptors (Lipinski definition) is 4. The molecule has 0 aliphatic heterocycles. The summed E-state index contributed by atoms with van der Waals surface area (Å²) in [5.74, 6) is -0.279. The van der Waals surface area contributed by atoms with Crippen LogP contribution in [0.3, 0.4) is 0 Å². The Labute approximate surface area is 196 Å². The van der Waals surface area contributed by atoms with Gasteiger partial charge in [0.05, 0.1) is 11.0 Å². The van der Waals surface area contributed by atoms with Crippen molar-refractivity contribution >= 4 is 28.6 Å². The van der Waals surface area contributed by atoms with E-state index < -0.39 is 12.3 Å². The highest BCUT2D eigenvalue weighted by molar-refractivity contribution is 5.96. The maximum Gasteiger partial charge on any atom is 0.573 e. The van der Waals surface area contributed by atoms with Gasteiger partial charge in [-0.05, 0) is 72.6 Å². The van der Waals surface area contributed by atoms with Crippen LogP contribution in [0.5, 0.6) is 5.75 Å². The Kier molecular flexibility index (Phi) is 5.78. The van der Waals surface area contributed by atoms with Crippen molar-refractivity contribution in [1.82, 2.24) is 9.55 Å². The predicted molar refractivity (Wildman–Crippen MR) is 125 cm³/mol. The zero-order valence-corrected chi connectivity index (χ0v) is 19.7. The van der Waals surface area contributed by atoms with Crippen molar-refractivity contribution in [2.24, 2.45) is 16.6 Å². The number of benzene rings is 2. The number of carbonyl (C=O) groups is 1. The minimum absolute atomic E-state index is 0.115. The minimum Gasteiger partial charge on any atom is -0.406 e. The first-order valence-electron chi connectivity index (χ1n) is 11.2. The Bertz CT molecular complexity index is 1200. The summed E-state index contributed by atoms with van der Waals surface area (Å²) in [6, 6.07) is 10.9. The SMILES string of the molecule is CC1(C)CC(n2c(Nc3ccc(OC(F)(F)F)cc3)nc3cc(C(N)=O)ccc32)CC(C)(C)C1. The zero-order chi connectivity index (χ0) is 24.9. The standard InChI is InChI=1S/C25H29F3N4O2/c1-23(2)12-17(13-24(3,4)14-23)32-20-10-5-15(21(29)33)11-19(20)31-22(32)30-16-6-8-18(9-7-16)34-25(26,27)28/h5-11,17H,12-14H2,1-4H3,(H2,29,33)(H,30,31). The lowest BCUT2D eigenvalue weighted by molar-refractivity contribution is -0.274. The van der Waals surface area contributed by atoms with E-state index >= 15 is 0 Å². The molecule has 3 N–H and O–H groups in total. The third-order valence-corrected chi connectivity index (χ3v) is 6.22. The molecule has 2 aromatic carbocycles. The van der Waals surface area contributed by atoms with E-state index in [2.05, 4.69) is 42.3 Å². The molecule has 0 bridgehead atoms. The molecule has 0 radical (unpaired) electrons. The Morgan fingerprint density at radius 1 is 1.09 bits per heavy atom. The number of nitrogens with zero attached hydrogens (tertiary/aromatic N) is 2. The summed E-state index contributed by atoms with van der Waals surface area (Å²) in [6.45, 7) is 9.05. The number of hydrogen-bond donors (Lipinski definition) is 2. The van der Waals surface area contributed by atoms with E-state index in [-0.39, 0.29) is 22.6 Å². The van der Waals surface area contributed by atoms with Gasteiger partial charge in [0.1, 0.15) is 5.75 Å². The molecule has 1 aliphatic carbocycles. The van der Waals surface area contributed by atoms with E-state index in [4.69, 9.17) is 10.7 Å². The molecule has 1 heterocycles. The van der Waals surface area contributed by atoms with Crippen LogP contribution in [-0.2, 0) is 0 Å². The molecule has 0 unspecified atom stereocenters. The van der Waals surface area contributed by atoms with Crippen molar-refractivity contribution in [3.8, 4) is 5.75 Å². The number of imidazole rings is 1. The van der Waals surface area contributed by atoms with Crippen LogP contribution in [0.25, 0.3) is 11.0 Å². The fourth-order valence-electron chi connectivity index (χ4n) is 5.55. The highest BCUT2D eigenvalue weighted by atomic mass is 19.4. The number of nitrogens with one attached hydrogen (secondary N) is 1. The summed E-state index contributed by atoms with van der Waals surface area (Å²) < 4.78 is 43.6. The number of fused-ring (bicyclic) bond motifs is 1. The van der Waals surface area contributed by atoms with Crippen LogP contribution in [0.4, 0.5) is 24.8 Å². The summed E-state index contributed by atoms with van der Waals surface area (Å²) in [6.07, 6.45) is -1.78. The maximum absolute atomic E-state index is 12.5. The number of carbonyl (C=O) groups excluding carboxylic acids is 1. The summed E-state index contributed by atoms with van der Waals surface area (Å²) in [5, 5.41) is 3.25. The molecule has 0 spiro atoms. The van der Waals surface area contributed by atoms with Gasteiger partial charge < -0.3 is 20.4 Å². The van der Waals surface area contributed by atoms with Crippen LogP contribution in [-0.4, -0.2) is 21.8 Å². The largest absolute Gasteiger partial charge is 0.573 e. The van der Waals surface area contributed by atoms with Crippen molar-refractivity contribution < 1.29 is 22.7 Å². The molecular formula is C25H29F3N4O2. The first-order chi connectivity index (χ1) is 15.7. The van der Waals surface area contributed by atoms with Gasteiger partial charge in [-0.2, -0.15) is 0 Å². The smallest absolute Gasteiger partial charge is 0.406 e. The van der Waals surface area contributed by atoms with Gasteiger partial charge in [0, 0.05) is 17.3 Å². The summed E-state index contributed by atoms with van der Waals surface area (Å²) >= 11 is 0. The Balaban J connectivity index is 1.75. The van der Waals surface area contributed by atoms with Crippen LogP contribution in [0.1, 0.15) is 63.4 Å². The van der Waals surface area contributed by atoms with Crippen molar-refractivity contribution in [2.75, 3.05) is 5.32 Å². The molecule has 0 saturated heterocycles. The predicted octanol–water partition coefficient (Wildman–Crippen LogP) is 6.55. The second-order valence-corrected chi connectivity index (χ2v) is 10.6. The third-order valence-electron chi connectivity index (χ3n) is 6.22. The lowest BCUT2D eigenvalue weighted by Gasteiger charge is -2.45. The molecule has 3 aromatic rings. The van der Waals surface area contributed by atoms with E-state index in [1.165, 1.54) is 24.3 Å². The molecule has 1 aliphatic rings. The Morgan fingerprint density at radius 3 is 2.26 bits per heavy atom. The number of aromatic nitrogens is 2. The lowest BCUT2D eigenvalue weighted by atomic mass is 9.63. The van der Waals surface area contributed by atoms with E-state index in [0.717, 1.165) is 24.8 Å². The van der Waals surface area contributed by atoms with Crippen LogP contribution >= 0.6 is 0 Å². The average molecular weight is 475 g/mol. The highest BCUT2D eigenvalue weighted by Crippen LogP contribution is 2.51. The van der Waals surface area contributed by atoms with Gasteiger partial charge in [-0.1, -0.05) is 27.7 Å². The number of alkyl halides is 3. The van der Waals surface area contributed by atoms with Crippen molar-refractivity contribution in [3.63, 3.8) is 0 Å². The molecule has 182 valence electrons. The zero-order valence-electron chi connectivity index (χ0n) is 19.7. The molecule has 6 nitrogen and oxygen atoms in total. The van der Waals surface area contributed by atoms with Gasteiger partial charge in [-0.3, -0.25) is 4.79 Å². The van der Waals surface area contributed by atoms with Gasteiger partial charge in [0.25, 0.3) is 0 Å². The van der Waals surface area contributed by atoms with Crippen LogP contribution < -0.4 is 15.8 Å². The number of ether oxygens (including phenoxy) is 1. The van der Waals surface area contributed by atoms with Crippen LogP contribution in [0, 0.1) is 10.8 Å². The maximum atomic E-state index is 12.5. The molecule has 1 saturated carbocycles. The molecule has 1 amide bonds. The summed E-state index contributed by atoms with van der Waals surface area (Å²) in [7, 11) is 0. The van der Waals surface area contributed by atoms with Gasteiger partial charge in [0.2, 0.25) is 11.9 Å². The minimum atomic E-state index is -4.75. The molecule has 1 aromatic heterocycles. The van der Waals surface area contributed by atoms with Gasteiger partial charge in [0.15, 0.2) is 0 Å². The van der Waals surface area contributed by atoms with Crippen molar-refractivity contribution in [1.29, 1.82) is 0 Å². The highest BCUT2D eigenvalue weighted by Gasteiger charge is 2.40. The molecule has 1 fully saturated rings. The number of rotatable bonds is 5. The second-order valence-electron chi connectivity index (χ2n) is 10.6. The first kappa shape index (κ1) is 23.9. The molecule has 9 heteroatoms. The van der Waals surface area contributed by atoms with Gasteiger partial charge in [-0.15, -0.1) is 13.2 Å². The quantitative estimate of drug-likeness (QED) is 0.439. The normalized spacial score (nSPS) is 18.1. The van der Waals surface area contributed by atoms with Gasteiger partial charge >= 0.3 is 6.36 Å². The van der Waals surface area contributed by atoms with Gasteiger partial charge in [-0.25, -0.2) is 4.98 Å². The number of nitrogens with two attached hydrogens (primary N) is 1. The topological polar surface area (TPSA) is 82.2 Å². The van der Waals surface area contributed by atoms with E-state index in [0.29, 0.717) is 22.7 Å². The van der Waals surface area contributed by atoms with Crippen molar-refractivity contribution in [3.05, 3.63) is 48.0 Å². The second kappa shape index (κ2) is 8.21. The molecule has 34 heavy (non-hydrogen) atoms. The average Bonchev–Trinajstić information content (AvgIpc) is 3.03. The molecular weight excluding hydrogens is 445 g/mol. The summed E-state index contributed by atoms with van der Waals surface area (Å²) in [4.78, 5) is 16.4. The Hall–Kier alpha value is -3.23. The number of amides is 1. The van der Waals surface area contributed by atoms with E-state index in [1.54, 1.807) is 12.1 Å². The molecule has 0 atom stereocenters. The van der Waals surface area contributed by atoms with E-state index in [1.807, 2.05) is 6.07 Å². The number of halogens is 3. The number of anilines is 2. The third kappa shape index (κ3) is 5.29. The fourth-order valence-corrected chi connectivity index (χ4v) is 5.55. The summed E-state index contributed by atoms with van der Waals surface area (Å²) in [5.41, 5.74) is 8.11. The monoisotopic (exact) mass is 474 g/mol. The van der Waals surface area contributed by atoms with Crippen LogP contribution in [0.15, 0.2) is 42.5 Å². The number of primary amides is 1. The molecule has 4 rings (SSSR count). The Morgan fingerprint density at radius 2 is 1.71 bits per heavy atom. The van der Waals surface area contributed by atoms with Crippen LogP contribution in [0.2, 0.25) is 0 Å². The van der Waals surface area contributed by atoms with E-state index in [9.17, 15) is 18.0 Å². The first-order valence-corrected chi connectivity index (χ1v) is 11.2. The fraction of sp³-hybridized carbons (Fsp3) is 0.440. The lowest BCUT2D eigenvalue weighted by Crippen LogP contribution is -2.35.